The minimum atomic E-state index is 0.795. The van der Waals surface area contributed by atoms with Crippen molar-refractivity contribution in [1.82, 2.24) is 20.2 Å². The van der Waals surface area contributed by atoms with Crippen LogP contribution in [0.5, 0.6) is 0 Å². The summed E-state index contributed by atoms with van der Waals surface area (Å²) >= 11 is 0. The summed E-state index contributed by atoms with van der Waals surface area (Å²) in [6.07, 6.45) is 10.8. The summed E-state index contributed by atoms with van der Waals surface area (Å²) in [6, 6.07) is 0.795. The first-order valence-electron chi connectivity index (χ1n) is 7.12. The molecule has 0 bridgehead atoms. The van der Waals surface area contributed by atoms with Crippen LogP contribution >= 0.6 is 0 Å². The molecule has 2 aliphatic heterocycles. The van der Waals surface area contributed by atoms with Crippen LogP contribution in [0.25, 0.3) is 0 Å². The first kappa shape index (κ1) is 12.1. The average molecular weight is 246 g/mol. The second kappa shape index (κ2) is 5.76. The maximum atomic E-state index is 4.35. The van der Waals surface area contributed by atoms with Gasteiger partial charge in [-0.3, -0.25) is 14.9 Å². The number of rotatable bonds is 3. The lowest BCUT2D eigenvalue weighted by atomic mass is 9.88. The van der Waals surface area contributed by atoms with Crippen molar-refractivity contribution in [2.45, 2.75) is 38.3 Å². The van der Waals surface area contributed by atoms with Crippen LogP contribution in [0, 0.1) is 5.92 Å². The summed E-state index contributed by atoms with van der Waals surface area (Å²) in [6.45, 7) is 4.60. The number of piperidine rings is 1. The minimum Gasteiger partial charge on any atom is -0.314 e. The van der Waals surface area contributed by atoms with E-state index in [9.17, 15) is 0 Å². The molecular weight excluding hydrogens is 224 g/mol. The Morgan fingerprint density at radius 1 is 1.22 bits per heavy atom. The molecule has 18 heavy (non-hydrogen) atoms. The van der Waals surface area contributed by atoms with Crippen molar-refractivity contribution in [3.63, 3.8) is 0 Å². The summed E-state index contributed by atoms with van der Waals surface area (Å²) in [5.41, 5.74) is 1.09. The normalized spacial score (nSPS) is 26.6. The number of nitrogens with zero attached hydrogens (tertiary/aromatic N) is 3. The highest BCUT2D eigenvalue weighted by Crippen LogP contribution is 2.25. The van der Waals surface area contributed by atoms with Gasteiger partial charge in [-0.2, -0.15) is 0 Å². The van der Waals surface area contributed by atoms with Gasteiger partial charge in [0.2, 0.25) is 0 Å². The van der Waals surface area contributed by atoms with Crippen molar-refractivity contribution in [2.24, 2.45) is 5.92 Å². The molecule has 98 valence electrons. The number of hydrogen-bond acceptors (Lipinski definition) is 4. The van der Waals surface area contributed by atoms with E-state index in [0.717, 1.165) is 24.2 Å². The lowest BCUT2D eigenvalue weighted by Crippen LogP contribution is -2.40. The maximum Gasteiger partial charge on any atom is 0.0726 e. The molecule has 1 aromatic rings. The maximum absolute atomic E-state index is 4.35. The topological polar surface area (TPSA) is 41.1 Å². The fourth-order valence-electron chi connectivity index (χ4n) is 3.27. The van der Waals surface area contributed by atoms with E-state index in [1.807, 2.05) is 6.20 Å². The van der Waals surface area contributed by atoms with Gasteiger partial charge < -0.3 is 5.32 Å². The van der Waals surface area contributed by atoms with Crippen molar-refractivity contribution in [1.29, 1.82) is 0 Å². The summed E-state index contributed by atoms with van der Waals surface area (Å²) in [5.74, 6) is 0.894. The van der Waals surface area contributed by atoms with Crippen LogP contribution in [-0.4, -0.2) is 40.5 Å². The van der Waals surface area contributed by atoms with Crippen LogP contribution in [0.3, 0.4) is 0 Å². The van der Waals surface area contributed by atoms with Crippen molar-refractivity contribution in [3.8, 4) is 0 Å². The summed E-state index contributed by atoms with van der Waals surface area (Å²) in [5, 5.41) is 3.65. The third-order valence-electron chi connectivity index (χ3n) is 4.30. The van der Waals surface area contributed by atoms with E-state index < -0.39 is 0 Å². The van der Waals surface area contributed by atoms with Gasteiger partial charge >= 0.3 is 0 Å². The lowest BCUT2D eigenvalue weighted by Gasteiger charge is -2.34. The molecule has 0 aliphatic carbocycles. The Morgan fingerprint density at radius 3 is 2.78 bits per heavy atom. The molecule has 1 unspecified atom stereocenters. The third kappa shape index (κ3) is 2.87. The van der Waals surface area contributed by atoms with Crippen LogP contribution in [0.15, 0.2) is 18.6 Å². The molecule has 3 heterocycles. The quantitative estimate of drug-likeness (QED) is 0.876. The van der Waals surface area contributed by atoms with E-state index in [1.165, 1.54) is 45.3 Å². The van der Waals surface area contributed by atoms with Crippen molar-refractivity contribution >= 4 is 0 Å². The summed E-state index contributed by atoms with van der Waals surface area (Å²) in [4.78, 5) is 11.0. The molecule has 0 spiro atoms. The SMILES string of the molecule is c1cnc(CN2CCC(C3CCCN3)CC2)cn1. The van der Waals surface area contributed by atoms with E-state index in [2.05, 4.69) is 20.2 Å². The Kier molecular flexibility index (Phi) is 3.86. The number of hydrogen-bond donors (Lipinski definition) is 1. The van der Waals surface area contributed by atoms with E-state index in [4.69, 9.17) is 0 Å². The van der Waals surface area contributed by atoms with Gasteiger partial charge in [0, 0.05) is 31.2 Å². The van der Waals surface area contributed by atoms with Crippen LogP contribution in [-0.2, 0) is 6.54 Å². The second-order valence-electron chi connectivity index (χ2n) is 5.51. The Labute approximate surface area is 109 Å². The zero-order chi connectivity index (χ0) is 12.2. The first-order chi connectivity index (χ1) is 8.92. The van der Waals surface area contributed by atoms with Gasteiger partial charge in [0.05, 0.1) is 5.69 Å². The molecule has 1 atom stereocenters. The predicted octanol–water partition coefficient (Wildman–Crippen LogP) is 1.44. The molecule has 2 aliphatic rings. The van der Waals surface area contributed by atoms with E-state index in [0.29, 0.717) is 0 Å². The monoisotopic (exact) mass is 246 g/mol. The number of nitrogens with one attached hydrogen (secondary N) is 1. The largest absolute Gasteiger partial charge is 0.314 e. The van der Waals surface area contributed by atoms with E-state index >= 15 is 0 Å². The molecule has 2 fully saturated rings. The highest BCUT2D eigenvalue weighted by molar-refractivity contribution is 4.95. The molecule has 0 saturated carbocycles. The standard InChI is InChI=1S/C14H22N4/c1-2-14(17-5-1)12-3-8-18(9-4-12)11-13-10-15-6-7-16-13/h6-7,10,12,14,17H,1-5,8-9,11H2. The van der Waals surface area contributed by atoms with Gasteiger partial charge in [-0.1, -0.05) is 0 Å². The minimum absolute atomic E-state index is 0.795. The smallest absolute Gasteiger partial charge is 0.0726 e. The highest BCUT2D eigenvalue weighted by atomic mass is 15.1. The van der Waals surface area contributed by atoms with Gasteiger partial charge in [-0.25, -0.2) is 0 Å². The third-order valence-corrected chi connectivity index (χ3v) is 4.30. The van der Waals surface area contributed by atoms with Crippen molar-refractivity contribution in [2.75, 3.05) is 19.6 Å². The number of aromatic nitrogens is 2. The molecular formula is C14H22N4. The van der Waals surface area contributed by atoms with Gasteiger partial charge in [0.25, 0.3) is 0 Å². The Hall–Kier alpha value is -1.00. The number of likely N-dealkylation sites (tertiary alicyclic amines) is 1. The summed E-state index contributed by atoms with van der Waals surface area (Å²) < 4.78 is 0. The Morgan fingerprint density at radius 2 is 2.11 bits per heavy atom. The molecule has 1 N–H and O–H groups in total. The molecule has 2 saturated heterocycles. The summed E-state index contributed by atoms with van der Waals surface area (Å²) in [7, 11) is 0. The zero-order valence-corrected chi connectivity index (χ0v) is 10.9. The Balaban J connectivity index is 1.48. The van der Waals surface area contributed by atoms with Crippen LogP contribution in [0.1, 0.15) is 31.4 Å². The van der Waals surface area contributed by atoms with Crippen LogP contribution in [0.4, 0.5) is 0 Å². The van der Waals surface area contributed by atoms with Crippen molar-refractivity contribution < 1.29 is 0 Å². The van der Waals surface area contributed by atoms with Gasteiger partial charge in [0.1, 0.15) is 0 Å². The molecule has 4 nitrogen and oxygen atoms in total. The van der Waals surface area contributed by atoms with E-state index in [-0.39, 0.29) is 0 Å². The van der Waals surface area contributed by atoms with Gasteiger partial charge in [-0.05, 0) is 51.2 Å². The highest BCUT2D eigenvalue weighted by Gasteiger charge is 2.28. The molecule has 0 radical (unpaired) electrons. The van der Waals surface area contributed by atoms with E-state index in [1.54, 1.807) is 12.4 Å². The second-order valence-corrected chi connectivity index (χ2v) is 5.51. The van der Waals surface area contributed by atoms with Gasteiger partial charge in [-0.15, -0.1) is 0 Å². The average Bonchev–Trinajstić information content (AvgIpc) is 2.95. The zero-order valence-electron chi connectivity index (χ0n) is 10.9. The van der Waals surface area contributed by atoms with Crippen LogP contribution in [0.2, 0.25) is 0 Å². The molecule has 0 aromatic carbocycles. The predicted molar refractivity (Wildman–Crippen MR) is 71.1 cm³/mol. The van der Waals surface area contributed by atoms with Crippen molar-refractivity contribution in [3.05, 3.63) is 24.3 Å². The lowest BCUT2D eigenvalue weighted by molar-refractivity contribution is 0.156. The first-order valence-corrected chi connectivity index (χ1v) is 7.12. The Bertz CT molecular complexity index is 353. The molecule has 4 heteroatoms. The van der Waals surface area contributed by atoms with Gasteiger partial charge in [0.15, 0.2) is 0 Å². The molecule has 3 rings (SSSR count). The molecule has 0 amide bonds. The van der Waals surface area contributed by atoms with Crippen LogP contribution < -0.4 is 5.32 Å². The fourth-order valence-corrected chi connectivity index (χ4v) is 3.27. The fraction of sp³-hybridized carbons (Fsp3) is 0.714. The molecule has 1 aromatic heterocycles.